The van der Waals surface area contributed by atoms with E-state index in [-0.39, 0.29) is 24.5 Å². The maximum atomic E-state index is 12.6. The Morgan fingerprint density at radius 1 is 1.24 bits per heavy atom. The van der Waals surface area contributed by atoms with Gasteiger partial charge in [-0.2, -0.15) is 0 Å². The highest BCUT2D eigenvalue weighted by Gasteiger charge is 2.45. The van der Waals surface area contributed by atoms with Crippen molar-refractivity contribution in [1.29, 1.82) is 0 Å². The quantitative estimate of drug-likeness (QED) is 0.799. The summed E-state index contributed by atoms with van der Waals surface area (Å²) < 4.78 is 10.6. The van der Waals surface area contributed by atoms with Crippen molar-refractivity contribution in [3.63, 3.8) is 0 Å². The maximum absolute atomic E-state index is 12.6. The first-order valence-corrected chi connectivity index (χ1v) is 8.85. The van der Waals surface area contributed by atoms with Crippen molar-refractivity contribution in [2.45, 2.75) is 45.9 Å². The van der Waals surface area contributed by atoms with Gasteiger partial charge in [0, 0.05) is 12.6 Å². The lowest BCUT2D eigenvalue weighted by Gasteiger charge is -2.34. The number of rotatable bonds is 6. The largest absolute Gasteiger partial charge is 0.466 e. The predicted molar refractivity (Wildman–Crippen MR) is 94.7 cm³/mol. The summed E-state index contributed by atoms with van der Waals surface area (Å²) in [5, 5.41) is 0. The second kappa shape index (κ2) is 8.85. The first-order chi connectivity index (χ1) is 12.0. The number of esters is 1. The van der Waals surface area contributed by atoms with Crippen LogP contribution in [0.2, 0.25) is 0 Å². The zero-order valence-electron chi connectivity index (χ0n) is 15.2. The number of ether oxygens (including phenoxy) is 2. The minimum atomic E-state index is -0.457. The standard InChI is InChI=1S/C19H28N2O4/c1-4-24-18(22)16(13(2)3)17-15(20)10-11-21(17)19(23)25-12-14-8-6-5-7-9-14/h5-9,13,15-17H,4,10-12,20H2,1-3H3/t15-,16+,17-/m0/s1. The van der Waals surface area contributed by atoms with Gasteiger partial charge in [0.25, 0.3) is 0 Å². The van der Waals surface area contributed by atoms with E-state index >= 15 is 0 Å². The second-order valence-corrected chi connectivity index (χ2v) is 6.70. The molecule has 0 aromatic heterocycles. The van der Waals surface area contributed by atoms with E-state index in [1.807, 2.05) is 44.2 Å². The zero-order valence-corrected chi connectivity index (χ0v) is 15.2. The number of nitrogens with zero attached hydrogens (tertiary/aromatic N) is 1. The van der Waals surface area contributed by atoms with Crippen molar-refractivity contribution in [2.75, 3.05) is 13.2 Å². The molecule has 0 saturated carbocycles. The molecule has 2 rings (SSSR count). The van der Waals surface area contributed by atoms with Gasteiger partial charge in [-0.1, -0.05) is 44.2 Å². The summed E-state index contributed by atoms with van der Waals surface area (Å²) in [5.41, 5.74) is 7.15. The molecule has 1 aromatic carbocycles. The number of nitrogens with two attached hydrogens (primary N) is 1. The van der Waals surface area contributed by atoms with Gasteiger partial charge in [-0.15, -0.1) is 0 Å². The fourth-order valence-electron chi connectivity index (χ4n) is 3.36. The summed E-state index contributed by atoms with van der Waals surface area (Å²) in [6.07, 6.45) is 0.213. The molecule has 0 radical (unpaired) electrons. The molecule has 3 atom stereocenters. The summed E-state index contributed by atoms with van der Waals surface area (Å²) in [6, 6.07) is 8.84. The van der Waals surface area contributed by atoms with Crippen molar-refractivity contribution < 1.29 is 19.1 Å². The Bertz CT molecular complexity index is 576. The van der Waals surface area contributed by atoms with Gasteiger partial charge in [0.05, 0.1) is 18.6 Å². The van der Waals surface area contributed by atoms with E-state index in [0.717, 1.165) is 5.56 Å². The van der Waals surface area contributed by atoms with Crippen LogP contribution < -0.4 is 5.73 Å². The summed E-state index contributed by atoms with van der Waals surface area (Å²) in [4.78, 5) is 26.6. The van der Waals surface area contributed by atoms with E-state index in [2.05, 4.69) is 0 Å². The number of hydrogen-bond acceptors (Lipinski definition) is 5. The van der Waals surface area contributed by atoms with Crippen LogP contribution in [0.4, 0.5) is 4.79 Å². The SMILES string of the molecule is CCOC(=O)[C@H](C(C)C)[C@@H]1[C@@H](N)CCN1C(=O)OCc1ccccc1. The van der Waals surface area contributed by atoms with Crippen molar-refractivity contribution in [1.82, 2.24) is 4.90 Å². The molecule has 6 heteroatoms. The van der Waals surface area contributed by atoms with E-state index in [1.54, 1.807) is 11.8 Å². The number of carbonyl (C=O) groups excluding carboxylic acids is 2. The van der Waals surface area contributed by atoms with Crippen LogP contribution in [-0.2, 0) is 20.9 Å². The predicted octanol–water partition coefficient (Wildman–Crippen LogP) is 2.56. The number of amides is 1. The molecule has 1 aliphatic rings. The molecule has 25 heavy (non-hydrogen) atoms. The van der Waals surface area contributed by atoms with Gasteiger partial charge in [-0.3, -0.25) is 4.79 Å². The fraction of sp³-hybridized carbons (Fsp3) is 0.579. The number of hydrogen-bond donors (Lipinski definition) is 1. The molecule has 138 valence electrons. The average molecular weight is 348 g/mol. The molecule has 1 aromatic rings. The van der Waals surface area contributed by atoms with E-state index < -0.39 is 18.1 Å². The molecule has 2 N–H and O–H groups in total. The number of likely N-dealkylation sites (tertiary alicyclic amines) is 1. The highest BCUT2D eigenvalue weighted by atomic mass is 16.6. The summed E-state index contributed by atoms with van der Waals surface area (Å²) in [7, 11) is 0. The second-order valence-electron chi connectivity index (χ2n) is 6.70. The third kappa shape index (κ3) is 4.72. The van der Waals surface area contributed by atoms with Crippen LogP contribution in [0.3, 0.4) is 0 Å². The number of carbonyl (C=O) groups is 2. The van der Waals surface area contributed by atoms with E-state index in [9.17, 15) is 9.59 Å². The minimum Gasteiger partial charge on any atom is -0.466 e. The molecular weight excluding hydrogens is 320 g/mol. The maximum Gasteiger partial charge on any atom is 0.410 e. The monoisotopic (exact) mass is 348 g/mol. The minimum absolute atomic E-state index is 0.0117. The van der Waals surface area contributed by atoms with Crippen molar-refractivity contribution in [2.24, 2.45) is 17.6 Å². The molecule has 0 unspecified atom stereocenters. The lowest BCUT2D eigenvalue weighted by atomic mass is 9.85. The third-order valence-corrected chi connectivity index (χ3v) is 4.59. The van der Waals surface area contributed by atoms with Crippen LogP contribution in [0.15, 0.2) is 30.3 Å². The van der Waals surface area contributed by atoms with Gasteiger partial charge in [0.1, 0.15) is 6.61 Å². The summed E-state index contributed by atoms with van der Waals surface area (Å²) in [5.74, 6) is -0.750. The van der Waals surface area contributed by atoms with Crippen molar-refractivity contribution >= 4 is 12.1 Å². The Kier molecular flexibility index (Phi) is 6.82. The van der Waals surface area contributed by atoms with Crippen LogP contribution in [0, 0.1) is 11.8 Å². The van der Waals surface area contributed by atoms with Gasteiger partial charge >= 0.3 is 12.1 Å². The summed E-state index contributed by atoms with van der Waals surface area (Å²) in [6.45, 7) is 6.66. The van der Waals surface area contributed by atoms with Crippen LogP contribution >= 0.6 is 0 Å². The molecule has 1 amide bonds. The Morgan fingerprint density at radius 2 is 1.92 bits per heavy atom. The molecule has 1 aliphatic heterocycles. The molecule has 1 saturated heterocycles. The Hall–Kier alpha value is -2.08. The molecule has 0 aliphatic carbocycles. The van der Waals surface area contributed by atoms with Gasteiger partial charge in [-0.05, 0) is 24.8 Å². The number of benzene rings is 1. The molecule has 0 spiro atoms. The highest BCUT2D eigenvalue weighted by molar-refractivity contribution is 5.76. The van der Waals surface area contributed by atoms with Gasteiger partial charge in [0.2, 0.25) is 0 Å². The smallest absolute Gasteiger partial charge is 0.410 e. The van der Waals surface area contributed by atoms with Crippen molar-refractivity contribution in [3.05, 3.63) is 35.9 Å². The molecule has 0 bridgehead atoms. The third-order valence-electron chi connectivity index (χ3n) is 4.59. The zero-order chi connectivity index (χ0) is 18.4. The Morgan fingerprint density at radius 3 is 2.52 bits per heavy atom. The average Bonchev–Trinajstić information content (AvgIpc) is 2.95. The van der Waals surface area contributed by atoms with Gasteiger partial charge in [0.15, 0.2) is 0 Å². The van der Waals surface area contributed by atoms with Gasteiger partial charge < -0.3 is 20.1 Å². The lowest BCUT2D eigenvalue weighted by molar-refractivity contribution is -0.152. The van der Waals surface area contributed by atoms with E-state index in [4.69, 9.17) is 15.2 Å². The van der Waals surface area contributed by atoms with E-state index in [0.29, 0.717) is 19.6 Å². The van der Waals surface area contributed by atoms with Crippen LogP contribution in [0.1, 0.15) is 32.8 Å². The van der Waals surface area contributed by atoms with Crippen LogP contribution in [-0.4, -0.2) is 42.2 Å². The van der Waals surface area contributed by atoms with Crippen LogP contribution in [0.25, 0.3) is 0 Å². The molecule has 1 fully saturated rings. The summed E-state index contributed by atoms with van der Waals surface area (Å²) >= 11 is 0. The normalized spacial score (nSPS) is 21.2. The highest BCUT2D eigenvalue weighted by Crippen LogP contribution is 2.30. The van der Waals surface area contributed by atoms with Crippen LogP contribution in [0.5, 0.6) is 0 Å². The molecule has 1 heterocycles. The molecular formula is C19H28N2O4. The Balaban J connectivity index is 2.09. The molecule has 6 nitrogen and oxygen atoms in total. The van der Waals surface area contributed by atoms with Crippen molar-refractivity contribution in [3.8, 4) is 0 Å². The van der Waals surface area contributed by atoms with Gasteiger partial charge in [-0.25, -0.2) is 4.79 Å². The Labute approximate surface area is 149 Å². The lowest BCUT2D eigenvalue weighted by Crippen LogP contribution is -2.51. The first kappa shape index (κ1) is 19.2. The topological polar surface area (TPSA) is 81.9 Å². The van der Waals surface area contributed by atoms with E-state index in [1.165, 1.54) is 0 Å². The first-order valence-electron chi connectivity index (χ1n) is 8.85. The fourth-order valence-corrected chi connectivity index (χ4v) is 3.36.